The molecule has 92 valence electrons. The van der Waals surface area contributed by atoms with Gasteiger partial charge in [0.25, 0.3) is 0 Å². The van der Waals surface area contributed by atoms with E-state index in [0.29, 0.717) is 5.92 Å². The smallest absolute Gasteiger partial charge is 0.104 e. The zero-order valence-corrected chi connectivity index (χ0v) is 10.4. The maximum atomic E-state index is 5.39. The van der Waals surface area contributed by atoms with Gasteiger partial charge in [-0.2, -0.15) is 0 Å². The summed E-state index contributed by atoms with van der Waals surface area (Å²) in [6.07, 6.45) is 5.23. The van der Waals surface area contributed by atoms with Crippen LogP contribution in [-0.2, 0) is 11.2 Å². The summed E-state index contributed by atoms with van der Waals surface area (Å²) in [5.41, 5.74) is 0. The molecule has 1 rings (SSSR count). The molecule has 3 heteroatoms. The summed E-state index contributed by atoms with van der Waals surface area (Å²) in [6.45, 7) is 4.97. The van der Waals surface area contributed by atoms with Gasteiger partial charge >= 0.3 is 0 Å². The van der Waals surface area contributed by atoms with Crippen LogP contribution < -0.4 is 5.32 Å². The van der Waals surface area contributed by atoms with Crippen molar-refractivity contribution in [2.45, 2.75) is 26.2 Å². The molecule has 1 unspecified atom stereocenters. The molecule has 1 aromatic heterocycles. The van der Waals surface area contributed by atoms with Crippen molar-refractivity contribution in [3.63, 3.8) is 0 Å². The number of ether oxygens (including phenoxy) is 1. The number of hydrogen-bond acceptors (Lipinski definition) is 3. The first-order valence-electron chi connectivity index (χ1n) is 6.08. The monoisotopic (exact) mass is 225 g/mol. The number of hydrogen-bond donors (Lipinski definition) is 1. The Hall–Kier alpha value is -0.800. The second kappa shape index (κ2) is 8.36. The molecule has 0 aliphatic carbocycles. The van der Waals surface area contributed by atoms with E-state index in [1.54, 1.807) is 13.4 Å². The van der Waals surface area contributed by atoms with Crippen molar-refractivity contribution in [3.05, 3.63) is 24.2 Å². The summed E-state index contributed by atoms with van der Waals surface area (Å²) in [5, 5.41) is 3.42. The van der Waals surface area contributed by atoms with Gasteiger partial charge in [-0.05, 0) is 31.0 Å². The summed E-state index contributed by atoms with van der Waals surface area (Å²) in [6, 6.07) is 4.01. The van der Waals surface area contributed by atoms with Gasteiger partial charge in [-0.1, -0.05) is 13.3 Å². The maximum Gasteiger partial charge on any atom is 0.104 e. The molecule has 0 saturated heterocycles. The molecular weight excluding hydrogens is 202 g/mol. The summed E-state index contributed by atoms with van der Waals surface area (Å²) in [7, 11) is 1.73. The maximum absolute atomic E-state index is 5.39. The van der Waals surface area contributed by atoms with E-state index >= 15 is 0 Å². The predicted octanol–water partition coefficient (Wildman–Crippen LogP) is 2.47. The predicted molar refractivity (Wildman–Crippen MR) is 65.6 cm³/mol. The van der Waals surface area contributed by atoms with E-state index < -0.39 is 0 Å². The van der Waals surface area contributed by atoms with Crippen molar-refractivity contribution in [2.75, 3.05) is 26.8 Å². The molecule has 1 heterocycles. The molecule has 1 aromatic rings. The fourth-order valence-corrected chi connectivity index (χ4v) is 1.88. The van der Waals surface area contributed by atoms with Gasteiger partial charge < -0.3 is 14.5 Å². The number of rotatable bonds is 9. The van der Waals surface area contributed by atoms with Gasteiger partial charge in [-0.15, -0.1) is 0 Å². The molecule has 0 spiro atoms. The average Bonchev–Trinajstić information content (AvgIpc) is 2.77. The molecule has 0 saturated carbocycles. The first-order valence-corrected chi connectivity index (χ1v) is 6.08. The van der Waals surface area contributed by atoms with Gasteiger partial charge in [0.05, 0.1) is 12.9 Å². The summed E-state index contributed by atoms with van der Waals surface area (Å²) in [5.74, 6) is 1.75. The molecule has 16 heavy (non-hydrogen) atoms. The lowest BCUT2D eigenvalue weighted by atomic mass is 9.98. The second-order valence-electron chi connectivity index (χ2n) is 4.14. The largest absolute Gasteiger partial charge is 0.469 e. The van der Waals surface area contributed by atoms with Gasteiger partial charge in [0.1, 0.15) is 5.76 Å². The number of nitrogens with one attached hydrogen (secondary N) is 1. The first kappa shape index (κ1) is 13.3. The van der Waals surface area contributed by atoms with Crippen molar-refractivity contribution in [3.8, 4) is 0 Å². The van der Waals surface area contributed by atoms with E-state index in [-0.39, 0.29) is 0 Å². The molecule has 1 atom stereocenters. The van der Waals surface area contributed by atoms with Crippen molar-refractivity contribution in [1.82, 2.24) is 5.32 Å². The Morgan fingerprint density at radius 2 is 2.38 bits per heavy atom. The normalized spacial score (nSPS) is 12.9. The highest BCUT2D eigenvalue weighted by molar-refractivity contribution is 4.99. The molecule has 0 aliphatic rings. The van der Waals surface area contributed by atoms with Crippen molar-refractivity contribution >= 4 is 0 Å². The van der Waals surface area contributed by atoms with Crippen LogP contribution in [0, 0.1) is 5.92 Å². The summed E-state index contributed by atoms with van der Waals surface area (Å²) in [4.78, 5) is 0. The van der Waals surface area contributed by atoms with Crippen LogP contribution in [0.3, 0.4) is 0 Å². The van der Waals surface area contributed by atoms with Crippen LogP contribution in [0.25, 0.3) is 0 Å². The Morgan fingerprint density at radius 3 is 3.00 bits per heavy atom. The minimum Gasteiger partial charge on any atom is -0.469 e. The van der Waals surface area contributed by atoms with Crippen molar-refractivity contribution in [1.29, 1.82) is 0 Å². The van der Waals surface area contributed by atoms with Gasteiger partial charge in [0, 0.05) is 20.1 Å². The van der Waals surface area contributed by atoms with Crippen LogP contribution in [-0.4, -0.2) is 26.8 Å². The zero-order valence-electron chi connectivity index (χ0n) is 10.4. The van der Waals surface area contributed by atoms with Gasteiger partial charge in [-0.25, -0.2) is 0 Å². The highest BCUT2D eigenvalue weighted by Gasteiger charge is 2.09. The molecule has 0 fully saturated rings. The third kappa shape index (κ3) is 5.33. The van der Waals surface area contributed by atoms with E-state index in [1.807, 2.05) is 6.07 Å². The Bertz CT molecular complexity index is 246. The van der Waals surface area contributed by atoms with Crippen LogP contribution in [0.1, 0.15) is 25.5 Å². The minimum atomic E-state index is 0.660. The standard InChI is InChI=1S/C13H23NO2/c1-3-5-12(11-14-7-9-15-2)10-13-6-4-8-16-13/h4,6,8,12,14H,3,5,7,9-11H2,1-2H3. The fourth-order valence-electron chi connectivity index (χ4n) is 1.88. The molecule has 0 radical (unpaired) electrons. The van der Waals surface area contributed by atoms with Crippen LogP contribution in [0.4, 0.5) is 0 Å². The van der Waals surface area contributed by atoms with Crippen LogP contribution in [0.2, 0.25) is 0 Å². The molecule has 3 nitrogen and oxygen atoms in total. The quantitative estimate of drug-likeness (QED) is 0.656. The molecule has 1 N–H and O–H groups in total. The van der Waals surface area contributed by atoms with E-state index in [2.05, 4.69) is 18.3 Å². The zero-order chi connectivity index (χ0) is 11.6. The molecular formula is C13H23NO2. The van der Waals surface area contributed by atoms with Gasteiger partial charge in [0.2, 0.25) is 0 Å². The second-order valence-corrected chi connectivity index (χ2v) is 4.14. The highest BCUT2D eigenvalue weighted by Crippen LogP contribution is 2.13. The lowest BCUT2D eigenvalue weighted by Crippen LogP contribution is -2.27. The average molecular weight is 225 g/mol. The SMILES string of the molecule is CCCC(CNCCOC)Cc1ccco1. The lowest BCUT2D eigenvalue weighted by Gasteiger charge is -2.15. The van der Waals surface area contributed by atoms with Crippen LogP contribution >= 0.6 is 0 Å². The van der Waals surface area contributed by atoms with Crippen molar-refractivity contribution < 1.29 is 9.15 Å². The highest BCUT2D eigenvalue weighted by atomic mass is 16.5. The topological polar surface area (TPSA) is 34.4 Å². The van der Waals surface area contributed by atoms with Crippen LogP contribution in [0.15, 0.2) is 22.8 Å². The Kier molecular flexibility index (Phi) is 6.93. The van der Waals surface area contributed by atoms with E-state index in [4.69, 9.17) is 9.15 Å². The third-order valence-electron chi connectivity index (χ3n) is 2.68. The Labute approximate surface area is 98.2 Å². The van der Waals surface area contributed by atoms with Crippen LogP contribution in [0.5, 0.6) is 0 Å². The molecule has 0 amide bonds. The van der Waals surface area contributed by atoms with E-state index in [1.165, 1.54) is 12.8 Å². The molecule has 0 aliphatic heterocycles. The number of methoxy groups -OCH3 is 1. The van der Waals surface area contributed by atoms with Gasteiger partial charge in [0.15, 0.2) is 0 Å². The van der Waals surface area contributed by atoms with E-state index in [0.717, 1.165) is 31.9 Å². The van der Waals surface area contributed by atoms with Crippen molar-refractivity contribution in [2.24, 2.45) is 5.92 Å². The van der Waals surface area contributed by atoms with Gasteiger partial charge in [-0.3, -0.25) is 0 Å². The summed E-state index contributed by atoms with van der Waals surface area (Å²) < 4.78 is 10.4. The third-order valence-corrected chi connectivity index (χ3v) is 2.68. The fraction of sp³-hybridized carbons (Fsp3) is 0.692. The Balaban J connectivity index is 2.24. The minimum absolute atomic E-state index is 0.660. The molecule has 0 aromatic carbocycles. The van der Waals surface area contributed by atoms with E-state index in [9.17, 15) is 0 Å². The summed E-state index contributed by atoms with van der Waals surface area (Å²) >= 11 is 0. The first-order chi connectivity index (χ1) is 7.86. The number of furan rings is 1. The lowest BCUT2D eigenvalue weighted by molar-refractivity contribution is 0.197. The Morgan fingerprint density at radius 1 is 1.50 bits per heavy atom. The molecule has 0 bridgehead atoms.